The van der Waals surface area contributed by atoms with Crippen molar-refractivity contribution in [1.82, 2.24) is 15.5 Å². The number of carbonyl (C=O) groups is 1. The van der Waals surface area contributed by atoms with E-state index in [4.69, 9.17) is 4.42 Å². The first-order valence-corrected chi connectivity index (χ1v) is 5.79. The molecule has 5 heteroatoms. The molecule has 5 nitrogen and oxygen atoms in total. The van der Waals surface area contributed by atoms with E-state index in [0.29, 0.717) is 24.7 Å². The molecule has 1 N–H and O–H groups in total. The molecule has 0 fully saturated rings. The average molecular weight is 245 g/mol. The fraction of sp³-hybridized carbons (Fsp3) is 0.308. The van der Waals surface area contributed by atoms with Crippen LogP contribution in [0, 0.1) is 6.92 Å². The smallest absolute Gasteiger partial charge is 0.247 e. The molecule has 2 aromatic rings. The SMILES string of the molecule is CC(=O)NCCc1nnc(-c2ccccc2C)o1. The van der Waals surface area contributed by atoms with Crippen molar-refractivity contribution in [3.63, 3.8) is 0 Å². The van der Waals surface area contributed by atoms with E-state index in [9.17, 15) is 4.79 Å². The Kier molecular flexibility index (Phi) is 3.72. The van der Waals surface area contributed by atoms with E-state index < -0.39 is 0 Å². The second-order valence-corrected chi connectivity index (χ2v) is 4.05. The molecule has 0 aliphatic heterocycles. The highest BCUT2D eigenvalue weighted by atomic mass is 16.4. The monoisotopic (exact) mass is 245 g/mol. The Labute approximate surface area is 105 Å². The third kappa shape index (κ3) is 2.94. The van der Waals surface area contributed by atoms with E-state index >= 15 is 0 Å². The van der Waals surface area contributed by atoms with Gasteiger partial charge in [-0.3, -0.25) is 4.79 Å². The van der Waals surface area contributed by atoms with E-state index in [-0.39, 0.29) is 5.91 Å². The van der Waals surface area contributed by atoms with Crippen LogP contribution in [0.1, 0.15) is 18.4 Å². The van der Waals surface area contributed by atoms with Gasteiger partial charge < -0.3 is 9.73 Å². The van der Waals surface area contributed by atoms with Crippen LogP contribution >= 0.6 is 0 Å². The molecule has 0 atom stereocenters. The summed E-state index contributed by atoms with van der Waals surface area (Å²) in [6, 6.07) is 7.84. The zero-order chi connectivity index (χ0) is 13.0. The second kappa shape index (κ2) is 5.44. The number of nitrogens with zero attached hydrogens (tertiary/aromatic N) is 2. The quantitative estimate of drug-likeness (QED) is 0.890. The molecule has 0 aliphatic carbocycles. The normalized spacial score (nSPS) is 10.3. The van der Waals surface area contributed by atoms with Crippen molar-refractivity contribution in [3.05, 3.63) is 35.7 Å². The molecular weight excluding hydrogens is 230 g/mol. The van der Waals surface area contributed by atoms with Crippen LogP contribution in [0.25, 0.3) is 11.5 Å². The van der Waals surface area contributed by atoms with Crippen LogP contribution in [0.5, 0.6) is 0 Å². The molecule has 0 spiro atoms. The molecule has 0 bridgehead atoms. The highest BCUT2D eigenvalue weighted by molar-refractivity contribution is 5.72. The lowest BCUT2D eigenvalue weighted by atomic mass is 10.1. The average Bonchev–Trinajstić information content (AvgIpc) is 2.78. The van der Waals surface area contributed by atoms with E-state index in [2.05, 4.69) is 15.5 Å². The number of rotatable bonds is 4. The highest BCUT2D eigenvalue weighted by Crippen LogP contribution is 2.21. The fourth-order valence-corrected chi connectivity index (χ4v) is 1.62. The van der Waals surface area contributed by atoms with Gasteiger partial charge in [-0.2, -0.15) is 0 Å². The van der Waals surface area contributed by atoms with Gasteiger partial charge in [0.1, 0.15) is 0 Å². The molecular formula is C13H15N3O2. The predicted molar refractivity (Wildman–Crippen MR) is 66.9 cm³/mol. The highest BCUT2D eigenvalue weighted by Gasteiger charge is 2.10. The van der Waals surface area contributed by atoms with Crippen molar-refractivity contribution in [3.8, 4) is 11.5 Å². The van der Waals surface area contributed by atoms with Crippen LogP contribution in [0.2, 0.25) is 0 Å². The minimum atomic E-state index is -0.0614. The molecule has 0 aliphatic rings. The summed E-state index contributed by atoms with van der Waals surface area (Å²) < 4.78 is 5.56. The number of hydrogen-bond donors (Lipinski definition) is 1. The molecule has 0 radical (unpaired) electrons. The van der Waals surface area contributed by atoms with Gasteiger partial charge in [0.05, 0.1) is 0 Å². The topological polar surface area (TPSA) is 68.0 Å². The van der Waals surface area contributed by atoms with Crippen molar-refractivity contribution in [2.45, 2.75) is 20.3 Å². The first-order valence-electron chi connectivity index (χ1n) is 5.79. The van der Waals surface area contributed by atoms with Gasteiger partial charge in [0.2, 0.25) is 17.7 Å². The van der Waals surface area contributed by atoms with Crippen molar-refractivity contribution in [2.24, 2.45) is 0 Å². The number of carbonyl (C=O) groups excluding carboxylic acids is 1. The molecule has 1 aromatic heterocycles. The van der Waals surface area contributed by atoms with E-state index in [1.807, 2.05) is 31.2 Å². The number of nitrogens with one attached hydrogen (secondary N) is 1. The molecule has 0 saturated heterocycles. The zero-order valence-corrected chi connectivity index (χ0v) is 10.4. The van der Waals surface area contributed by atoms with Crippen LogP contribution in [-0.2, 0) is 11.2 Å². The Morgan fingerprint density at radius 2 is 2.11 bits per heavy atom. The van der Waals surface area contributed by atoms with Crippen LogP contribution in [0.4, 0.5) is 0 Å². The molecule has 0 unspecified atom stereocenters. The number of aromatic nitrogens is 2. The lowest BCUT2D eigenvalue weighted by molar-refractivity contribution is -0.118. The van der Waals surface area contributed by atoms with Gasteiger partial charge in [0.25, 0.3) is 0 Å². The van der Waals surface area contributed by atoms with Crippen LogP contribution in [0.3, 0.4) is 0 Å². The summed E-state index contributed by atoms with van der Waals surface area (Å²) in [6.45, 7) is 3.98. The van der Waals surface area contributed by atoms with E-state index in [1.54, 1.807) is 0 Å². The summed E-state index contributed by atoms with van der Waals surface area (Å²) in [5.41, 5.74) is 2.03. The largest absolute Gasteiger partial charge is 0.421 e. The first-order chi connectivity index (χ1) is 8.66. The summed E-state index contributed by atoms with van der Waals surface area (Å²) in [5.74, 6) is 0.988. The molecule has 1 heterocycles. The summed E-state index contributed by atoms with van der Waals surface area (Å²) >= 11 is 0. The van der Waals surface area contributed by atoms with Gasteiger partial charge in [-0.1, -0.05) is 18.2 Å². The molecule has 0 saturated carbocycles. The number of aryl methyl sites for hydroxylation is 1. The van der Waals surface area contributed by atoms with Crippen LogP contribution in [0.15, 0.2) is 28.7 Å². The van der Waals surface area contributed by atoms with E-state index in [0.717, 1.165) is 11.1 Å². The van der Waals surface area contributed by atoms with Crippen molar-refractivity contribution >= 4 is 5.91 Å². The van der Waals surface area contributed by atoms with Gasteiger partial charge in [-0.15, -0.1) is 10.2 Å². The Morgan fingerprint density at radius 1 is 1.33 bits per heavy atom. The van der Waals surface area contributed by atoms with Crippen molar-refractivity contribution in [1.29, 1.82) is 0 Å². The van der Waals surface area contributed by atoms with Gasteiger partial charge in [-0.05, 0) is 18.6 Å². The number of hydrogen-bond acceptors (Lipinski definition) is 4. The Balaban J connectivity index is 2.06. The summed E-state index contributed by atoms with van der Waals surface area (Å²) in [4.78, 5) is 10.7. The van der Waals surface area contributed by atoms with Crippen molar-refractivity contribution < 1.29 is 9.21 Å². The third-order valence-corrected chi connectivity index (χ3v) is 2.56. The zero-order valence-electron chi connectivity index (χ0n) is 10.4. The minimum Gasteiger partial charge on any atom is -0.421 e. The summed E-state index contributed by atoms with van der Waals surface area (Å²) in [7, 11) is 0. The van der Waals surface area contributed by atoms with Gasteiger partial charge >= 0.3 is 0 Å². The predicted octanol–water partition coefficient (Wildman–Crippen LogP) is 1.72. The number of benzene rings is 1. The Bertz CT molecular complexity index is 549. The second-order valence-electron chi connectivity index (χ2n) is 4.05. The molecule has 1 amide bonds. The summed E-state index contributed by atoms with van der Waals surface area (Å²) in [6.07, 6.45) is 0.540. The van der Waals surface area contributed by atoms with Crippen LogP contribution in [-0.4, -0.2) is 22.6 Å². The maximum Gasteiger partial charge on any atom is 0.247 e. The summed E-state index contributed by atoms with van der Waals surface area (Å²) in [5, 5.41) is 10.7. The Morgan fingerprint density at radius 3 is 2.83 bits per heavy atom. The lowest BCUT2D eigenvalue weighted by Crippen LogP contribution is -2.22. The molecule has 18 heavy (non-hydrogen) atoms. The molecule has 2 rings (SSSR count). The van der Waals surface area contributed by atoms with Crippen molar-refractivity contribution in [2.75, 3.05) is 6.54 Å². The maximum atomic E-state index is 10.7. The fourth-order valence-electron chi connectivity index (χ4n) is 1.62. The molecule has 1 aromatic carbocycles. The van der Waals surface area contributed by atoms with E-state index in [1.165, 1.54) is 6.92 Å². The number of amides is 1. The third-order valence-electron chi connectivity index (χ3n) is 2.56. The van der Waals surface area contributed by atoms with Gasteiger partial charge in [-0.25, -0.2) is 0 Å². The van der Waals surface area contributed by atoms with Crippen LogP contribution < -0.4 is 5.32 Å². The minimum absolute atomic E-state index is 0.0614. The van der Waals surface area contributed by atoms with Gasteiger partial charge in [0.15, 0.2) is 0 Å². The maximum absolute atomic E-state index is 10.7. The first kappa shape index (κ1) is 12.3. The Hall–Kier alpha value is -2.17. The lowest BCUT2D eigenvalue weighted by Gasteiger charge is -1.99. The van der Waals surface area contributed by atoms with Gasteiger partial charge in [0, 0.05) is 25.5 Å². The molecule has 94 valence electrons. The standard InChI is InChI=1S/C13H15N3O2/c1-9-5-3-4-6-11(9)13-16-15-12(18-13)7-8-14-10(2)17/h3-6H,7-8H2,1-2H3,(H,14,17).